The van der Waals surface area contributed by atoms with Gasteiger partial charge in [-0.3, -0.25) is 0 Å². The zero-order valence-corrected chi connectivity index (χ0v) is 24.6. The van der Waals surface area contributed by atoms with E-state index in [1.807, 2.05) is 35.3 Å². The first kappa shape index (κ1) is 25.5. The zero-order valence-electron chi connectivity index (χ0n) is 15.0. The molecular weight excluding hydrogens is 682 g/mol. The van der Waals surface area contributed by atoms with Crippen LogP contribution in [0.5, 0.6) is 0 Å². The van der Waals surface area contributed by atoms with Crippen LogP contribution in [0.2, 0.25) is 0 Å². The summed E-state index contributed by atoms with van der Waals surface area (Å²) in [6.07, 6.45) is 11.8. The Morgan fingerprint density at radius 3 is 1.60 bits per heavy atom. The van der Waals surface area contributed by atoms with E-state index in [9.17, 15) is 0 Å². The molecule has 6 rings (SSSR count). The van der Waals surface area contributed by atoms with Gasteiger partial charge in [-0.15, -0.1) is 56.2 Å². The quantitative estimate of drug-likeness (QED) is 0.337. The van der Waals surface area contributed by atoms with Gasteiger partial charge in [-0.05, 0) is 7.63 Å². The summed E-state index contributed by atoms with van der Waals surface area (Å²) in [6.45, 7) is 0. The van der Waals surface area contributed by atoms with E-state index in [-0.39, 0.29) is 51.0 Å². The molecule has 0 nitrogen and oxygen atoms in total. The van der Waals surface area contributed by atoms with Crippen molar-refractivity contribution < 1.29 is 51.0 Å². The monoisotopic (exact) mass is 688 g/mol. The van der Waals surface area contributed by atoms with Gasteiger partial charge in [-0.25, -0.2) is 12.2 Å². The van der Waals surface area contributed by atoms with Crippen LogP contribution in [0.3, 0.4) is 0 Å². The van der Waals surface area contributed by atoms with Crippen LogP contribution < -0.4 is 45.7 Å². The molecule has 2 heterocycles. The summed E-state index contributed by atoms with van der Waals surface area (Å²) in [5, 5.41) is 6.13. The molecule has 30 heavy (non-hydrogen) atoms. The Kier molecular flexibility index (Phi) is 8.51. The maximum Gasteiger partial charge on any atom is 4.00 e. The van der Waals surface area contributed by atoms with E-state index >= 15 is 0 Å². The molecule has 0 saturated carbocycles. The number of thioether (sulfide) groups is 2. The van der Waals surface area contributed by atoms with Gasteiger partial charge in [0, 0.05) is 10.5 Å². The predicted molar refractivity (Wildman–Crippen MR) is 125 cm³/mol. The van der Waals surface area contributed by atoms with Crippen LogP contribution in [0.15, 0.2) is 53.8 Å². The Hall–Kier alpha value is 0.873. The maximum atomic E-state index is 3.61. The molecule has 0 spiro atoms. The third-order valence-electron chi connectivity index (χ3n) is 5.03. The second-order valence-corrected chi connectivity index (χ2v) is 12.6. The van der Waals surface area contributed by atoms with Crippen molar-refractivity contribution in [1.29, 1.82) is 0 Å². The van der Waals surface area contributed by atoms with Gasteiger partial charge in [0.15, 0.2) is 0 Å². The van der Waals surface area contributed by atoms with Gasteiger partial charge in [-0.1, -0.05) is 90.2 Å². The topological polar surface area (TPSA) is 0 Å². The predicted octanol–water partition coefficient (Wildman–Crippen LogP) is -1.96. The summed E-state index contributed by atoms with van der Waals surface area (Å²) in [6, 6.07) is 13.3. The third kappa shape index (κ3) is 4.22. The van der Waals surface area contributed by atoms with Crippen LogP contribution in [0.4, 0.5) is 0 Å². The maximum absolute atomic E-state index is 3.61. The first-order chi connectivity index (χ1) is 13.2. The molecule has 2 aromatic carbocycles. The van der Waals surface area contributed by atoms with Crippen LogP contribution in [-0.4, -0.2) is 10.5 Å². The van der Waals surface area contributed by atoms with Crippen molar-refractivity contribution in [3.8, 4) is 0 Å². The number of benzene rings is 2. The van der Waals surface area contributed by atoms with Crippen molar-refractivity contribution in [1.82, 2.24) is 0 Å². The van der Waals surface area contributed by atoms with E-state index in [4.69, 9.17) is 0 Å². The standard InChI is InChI=1S/C22H10Br2S3.2ClH.Zr/c23-19-9-13-17(26-19)7-11-3-1-5-15(21(11)13)25-16-6-2-4-12-8-18-14(22(12)16)10-20(24)27-18;;;/h1-8,17-18H;2*1H;/q-2;;;+4/p-2. The minimum atomic E-state index is 0. The van der Waals surface area contributed by atoms with E-state index < -0.39 is 0 Å². The molecule has 4 aliphatic rings. The molecule has 0 fully saturated rings. The van der Waals surface area contributed by atoms with E-state index in [1.54, 1.807) is 0 Å². The zero-order chi connectivity index (χ0) is 18.1. The fourth-order valence-electron chi connectivity index (χ4n) is 3.96. The normalized spacial score (nSPS) is 21.5. The molecule has 148 valence electrons. The molecule has 0 amide bonds. The number of rotatable bonds is 2. The fraction of sp³-hybridized carbons (Fsp3) is 0.0909. The summed E-state index contributed by atoms with van der Waals surface area (Å²) in [5.41, 5.74) is 2.61. The first-order valence-electron chi connectivity index (χ1n) is 8.48. The van der Waals surface area contributed by atoms with Crippen LogP contribution in [0.1, 0.15) is 0 Å². The number of halogens is 4. The van der Waals surface area contributed by atoms with E-state index in [0.717, 1.165) is 7.63 Å². The molecule has 2 atom stereocenters. The van der Waals surface area contributed by atoms with E-state index in [1.165, 1.54) is 41.8 Å². The summed E-state index contributed by atoms with van der Waals surface area (Å²) in [4.78, 5) is 2.62. The van der Waals surface area contributed by atoms with Crippen LogP contribution in [0.25, 0.3) is 23.3 Å². The van der Waals surface area contributed by atoms with Crippen molar-refractivity contribution in [2.45, 2.75) is 20.3 Å². The van der Waals surface area contributed by atoms with Gasteiger partial charge >= 0.3 is 26.2 Å². The molecule has 0 aromatic heterocycles. The van der Waals surface area contributed by atoms with Crippen molar-refractivity contribution in [3.63, 3.8) is 0 Å². The molecule has 2 aliphatic heterocycles. The smallest absolute Gasteiger partial charge is 1.00 e. The molecular formula is C22H10Br2Cl2S3Zr. The second kappa shape index (κ2) is 10.0. The Balaban J connectivity index is 0.000000853. The molecule has 0 bridgehead atoms. The number of fused-ring (bicyclic) bond motifs is 4. The average Bonchev–Trinajstić information content (AvgIpc) is 3.33. The molecule has 0 N–H and O–H groups in total. The summed E-state index contributed by atoms with van der Waals surface area (Å²) < 4.78 is 2.20. The molecule has 8 heteroatoms. The van der Waals surface area contributed by atoms with Crippen molar-refractivity contribution >= 4 is 90.4 Å². The van der Waals surface area contributed by atoms with E-state index in [2.05, 4.69) is 92.6 Å². The van der Waals surface area contributed by atoms with Gasteiger partial charge in [-0.2, -0.15) is 11.1 Å². The minimum Gasteiger partial charge on any atom is -1.00 e. The van der Waals surface area contributed by atoms with Crippen LogP contribution >= 0.6 is 67.1 Å². The summed E-state index contributed by atoms with van der Waals surface area (Å²) in [5.74, 6) is 0. The Bertz CT molecular complexity index is 1250. The van der Waals surface area contributed by atoms with Gasteiger partial charge in [0.25, 0.3) is 0 Å². The SMILES string of the molecule is BrC1=[C-]C2=c3c(Sc4cccc5c4=C4[C-]=C(Br)SC4C=5)cccc3=CC2S1.[Cl-].[Cl-].[Zr+4]. The Morgan fingerprint density at radius 1 is 0.733 bits per heavy atom. The number of allylic oxidation sites excluding steroid dienone is 2. The van der Waals surface area contributed by atoms with Crippen molar-refractivity contribution in [2.24, 2.45) is 0 Å². The van der Waals surface area contributed by atoms with Crippen LogP contribution in [-0.2, 0) is 26.2 Å². The molecule has 2 aromatic rings. The van der Waals surface area contributed by atoms with Gasteiger partial charge < -0.3 is 24.8 Å². The largest absolute Gasteiger partial charge is 4.00 e. The number of hydrogen-bond donors (Lipinski definition) is 0. The molecule has 0 radical (unpaired) electrons. The average molecular weight is 692 g/mol. The Labute approximate surface area is 236 Å². The second-order valence-electron chi connectivity index (χ2n) is 6.58. The van der Waals surface area contributed by atoms with Crippen molar-refractivity contribution in [2.75, 3.05) is 0 Å². The summed E-state index contributed by atoms with van der Waals surface area (Å²) in [7, 11) is 0. The van der Waals surface area contributed by atoms with E-state index in [0.29, 0.717) is 10.5 Å². The minimum absolute atomic E-state index is 0. The first-order valence-corrected chi connectivity index (χ1v) is 12.6. The van der Waals surface area contributed by atoms with Crippen molar-refractivity contribution in [3.05, 3.63) is 77.1 Å². The fourth-order valence-corrected chi connectivity index (χ4v) is 8.59. The molecule has 2 aliphatic carbocycles. The summed E-state index contributed by atoms with van der Waals surface area (Å²) >= 11 is 12.8. The van der Waals surface area contributed by atoms with Gasteiger partial charge in [0.2, 0.25) is 0 Å². The third-order valence-corrected chi connectivity index (χ3v) is 9.54. The van der Waals surface area contributed by atoms with Gasteiger partial charge in [0.1, 0.15) is 0 Å². The molecule has 0 saturated heterocycles. The number of hydrogen-bond acceptors (Lipinski definition) is 3. The van der Waals surface area contributed by atoms with Crippen LogP contribution in [0, 0.1) is 12.2 Å². The molecule has 2 unspecified atom stereocenters. The van der Waals surface area contributed by atoms with Gasteiger partial charge in [0.05, 0.1) is 0 Å². The Morgan fingerprint density at radius 2 is 1.17 bits per heavy atom.